The van der Waals surface area contributed by atoms with Crippen LogP contribution in [0.25, 0.3) is 43.8 Å². The molecule has 2 nitrogen and oxygen atoms in total. The Hall–Kier alpha value is -6.90. The van der Waals surface area contributed by atoms with Crippen molar-refractivity contribution in [1.29, 1.82) is 0 Å². The minimum Gasteiger partial charge on any atom is -0.457 e. The molecule has 0 radical (unpaired) electrons. The molecule has 1 aliphatic carbocycles. The summed E-state index contributed by atoms with van der Waals surface area (Å²) >= 11 is 0. The average Bonchev–Trinajstić information content (AvgIpc) is 3.23. The molecule has 0 unspecified atom stereocenters. The Kier molecular flexibility index (Phi) is 6.50. The Balaban J connectivity index is 1.27. The van der Waals surface area contributed by atoms with Gasteiger partial charge in [-0.25, -0.2) is 0 Å². The Labute approximate surface area is 308 Å². The van der Waals surface area contributed by atoms with E-state index in [9.17, 15) is 0 Å². The number of hydrogen-bond donors (Lipinski definition) is 0. The van der Waals surface area contributed by atoms with E-state index in [1.807, 2.05) is 0 Å². The Morgan fingerprint density at radius 2 is 0.943 bits per heavy atom. The minimum absolute atomic E-state index is 0.626. The summed E-state index contributed by atoms with van der Waals surface area (Å²) in [6, 6.07) is 72.8. The van der Waals surface area contributed by atoms with Gasteiger partial charge in [0.25, 0.3) is 0 Å². The number of ether oxygens (including phenoxy) is 1. The molecule has 9 aromatic carbocycles. The summed E-state index contributed by atoms with van der Waals surface area (Å²) in [6.45, 7) is 0. The number of fused-ring (bicyclic) bond motifs is 9. The summed E-state index contributed by atoms with van der Waals surface area (Å²) in [5.74, 6) is 1.78. The molecule has 1 heterocycles. The predicted octanol–water partition coefficient (Wildman–Crippen LogP) is 13.6. The van der Waals surface area contributed by atoms with E-state index >= 15 is 0 Å². The van der Waals surface area contributed by atoms with Gasteiger partial charge >= 0.3 is 0 Å². The van der Waals surface area contributed by atoms with Crippen LogP contribution in [0.2, 0.25) is 0 Å². The van der Waals surface area contributed by atoms with Crippen molar-refractivity contribution in [3.05, 3.63) is 222 Å². The number of nitrogens with zero attached hydrogens (tertiary/aromatic N) is 1. The highest BCUT2D eigenvalue weighted by Gasteiger charge is 2.49. The highest BCUT2D eigenvalue weighted by Crippen LogP contribution is 2.61. The van der Waals surface area contributed by atoms with Crippen molar-refractivity contribution in [2.75, 3.05) is 4.90 Å². The van der Waals surface area contributed by atoms with E-state index < -0.39 is 5.41 Å². The Morgan fingerprint density at radius 3 is 1.68 bits per heavy atom. The van der Waals surface area contributed by atoms with E-state index in [1.165, 1.54) is 54.9 Å². The molecule has 0 aromatic heterocycles. The average molecular weight is 676 g/mol. The quantitative estimate of drug-likeness (QED) is 0.184. The second-order valence-corrected chi connectivity index (χ2v) is 14.0. The standard InChI is InChI=1S/C51H33NO/c1-3-15-34(16-4-1)42-31-36-17-7-8-18-37(36)32-47(42)52(38-21-5-2-6-22-38)39-29-30-40-41-23-13-19-35-20-14-26-45(50(35)41)51(46(40)33-39)43-24-9-11-27-48(43)53-49-28-12-10-25-44(49)51/h1-33H. The molecule has 0 fully saturated rings. The SMILES string of the molecule is c1ccc(-c2cc3ccccc3cc2N(c2ccccc2)c2ccc3c(c2)C2(c4ccccc4Oc4ccccc42)c2cccc4cccc-3c24)cc1. The van der Waals surface area contributed by atoms with Gasteiger partial charge in [-0.2, -0.15) is 0 Å². The van der Waals surface area contributed by atoms with Crippen LogP contribution in [0.3, 0.4) is 0 Å². The summed E-state index contributed by atoms with van der Waals surface area (Å²) in [7, 11) is 0. The fourth-order valence-electron chi connectivity index (χ4n) is 9.08. The summed E-state index contributed by atoms with van der Waals surface area (Å²) in [5.41, 5.74) is 12.4. The molecule has 0 saturated carbocycles. The maximum absolute atomic E-state index is 6.72. The molecule has 1 spiro atoms. The topological polar surface area (TPSA) is 12.5 Å². The normalized spacial score (nSPS) is 13.2. The fourth-order valence-corrected chi connectivity index (χ4v) is 9.08. The third-order valence-corrected chi connectivity index (χ3v) is 11.3. The monoisotopic (exact) mass is 675 g/mol. The molecule has 0 bridgehead atoms. The fraction of sp³-hybridized carbons (Fsp3) is 0.0196. The van der Waals surface area contributed by atoms with Crippen molar-refractivity contribution >= 4 is 38.6 Å². The van der Waals surface area contributed by atoms with Crippen LogP contribution in [-0.4, -0.2) is 0 Å². The van der Waals surface area contributed by atoms with E-state index in [0.29, 0.717) is 0 Å². The van der Waals surface area contributed by atoms with Crippen LogP contribution in [-0.2, 0) is 5.41 Å². The lowest BCUT2D eigenvalue weighted by molar-refractivity contribution is 0.435. The lowest BCUT2D eigenvalue weighted by atomic mass is 9.58. The molecular weight excluding hydrogens is 643 g/mol. The van der Waals surface area contributed by atoms with Crippen molar-refractivity contribution in [2.45, 2.75) is 5.41 Å². The summed E-state index contributed by atoms with van der Waals surface area (Å²) in [4.78, 5) is 2.45. The third-order valence-electron chi connectivity index (χ3n) is 11.3. The molecule has 0 amide bonds. The highest BCUT2D eigenvalue weighted by molar-refractivity contribution is 6.06. The molecule has 11 rings (SSSR count). The Morgan fingerprint density at radius 1 is 0.358 bits per heavy atom. The lowest BCUT2D eigenvalue weighted by Crippen LogP contribution is -2.36. The zero-order chi connectivity index (χ0) is 34.9. The van der Waals surface area contributed by atoms with Crippen molar-refractivity contribution in [2.24, 2.45) is 0 Å². The van der Waals surface area contributed by atoms with E-state index in [0.717, 1.165) is 39.7 Å². The van der Waals surface area contributed by atoms with Gasteiger partial charge in [-0.15, -0.1) is 0 Å². The van der Waals surface area contributed by atoms with E-state index in [2.05, 4.69) is 205 Å². The molecule has 2 heteroatoms. The van der Waals surface area contributed by atoms with Gasteiger partial charge in [-0.05, 0) is 97.9 Å². The van der Waals surface area contributed by atoms with Crippen molar-refractivity contribution in [1.82, 2.24) is 0 Å². The lowest BCUT2D eigenvalue weighted by Gasteiger charge is -2.45. The van der Waals surface area contributed by atoms with Gasteiger partial charge in [-0.1, -0.05) is 152 Å². The maximum atomic E-state index is 6.72. The van der Waals surface area contributed by atoms with Gasteiger partial charge in [0.2, 0.25) is 0 Å². The van der Waals surface area contributed by atoms with Crippen LogP contribution >= 0.6 is 0 Å². The minimum atomic E-state index is -0.626. The maximum Gasteiger partial charge on any atom is 0.132 e. The number of anilines is 3. The van der Waals surface area contributed by atoms with Gasteiger partial charge in [0.15, 0.2) is 0 Å². The largest absolute Gasteiger partial charge is 0.457 e. The molecular formula is C51H33NO. The molecule has 0 N–H and O–H groups in total. The zero-order valence-electron chi connectivity index (χ0n) is 28.9. The number of rotatable bonds is 4. The molecule has 53 heavy (non-hydrogen) atoms. The third kappa shape index (κ3) is 4.33. The second-order valence-electron chi connectivity index (χ2n) is 14.0. The molecule has 9 aromatic rings. The molecule has 2 aliphatic rings. The molecule has 248 valence electrons. The summed E-state index contributed by atoms with van der Waals surface area (Å²) in [5, 5.41) is 4.95. The van der Waals surface area contributed by atoms with Crippen LogP contribution in [0.5, 0.6) is 11.5 Å². The van der Waals surface area contributed by atoms with Crippen LogP contribution in [0.15, 0.2) is 200 Å². The van der Waals surface area contributed by atoms with Crippen LogP contribution < -0.4 is 9.64 Å². The number of hydrogen-bond acceptors (Lipinski definition) is 2. The molecule has 0 atom stereocenters. The molecule has 0 saturated heterocycles. The summed E-state index contributed by atoms with van der Waals surface area (Å²) < 4.78 is 6.72. The number of para-hydroxylation sites is 3. The smallest absolute Gasteiger partial charge is 0.132 e. The van der Waals surface area contributed by atoms with Gasteiger partial charge < -0.3 is 9.64 Å². The Bertz CT molecular complexity index is 2820. The predicted molar refractivity (Wildman–Crippen MR) is 219 cm³/mol. The van der Waals surface area contributed by atoms with Crippen molar-refractivity contribution < 1.29 is 4.74 Å². The van der Waals surface area contributed by atoms with Gasteiger partial charge in [0.1, 0.15) is 11.5 Å². The van der Waals surface area contributed by atoms with Gasteiger partial charge in [-0.3, -0.25) is 0 Å². The van der Waals surface area contributed by atoms with Gasteiger partial charge in [0.05, 0.1) is 11.1 Å². The molecule has 1 aliphatic heterocycles. The van der Waals surface area contributed by atoms with Crippen LogP contribution in [0.4, 0.5) is 17.1 Å². The first kappa shape index (κ1) is 29.8. The van der Waals surface area contributed by atoms with E-state index in [-0.39, 0.29) is 0 Å². The van der Waals surface area contributed by atoms with Crippen LogP contribution in [0, 0.1) is 0 Å². The van der Waals surface area contributed by atoms with Gasteiger partial charge in [0, 0.05) is 28.1 Å². The highest BCUT2D eigenvalue weighted by atomic mass is 16.5. The van der Waals surface area contributed by atoms with E-state index in [1.54, 1.807) is 0 Å². The first-order valence-corrected chi connectivity index (χ1v) is 18.3. The number of benzene rings is 9. The second kappa shape index (κ2) is 11.6. The zero-order valence-corrected chi connectivity index (χ0v) is 28.9. The van der Waals surface area contributed by atoms with Crippen molar-refractivity contribution in [3.8, 4) is 33.8 Å². The first-order valence-electron chi connectivity index (χ1n) is 18.3. The van der Waals surface area contributed by atoms with Crippen LogP contribution in [0.1, 0.15) is 22.3 Å². The van der Waals surface area contributed by atoms with E-state index in [4.69, 9.17) is 4.74 Å². The summed E-state index contributed by atoms with van der Waals surface area (Å²) in [6.07, 6.45) is 0. The first-order chi connectivity index (χ1) is 26.3. The van der Waals surface area contributed by atoms with Crippen molar-refractivity contribution in [3.63, 3.8) is 0 Å².